The highest BCUT2D eigenvalue weighted by molar-refractivity contribution is 6.77. The summed E-state index contributed by atoms with van der Waals surface area (Å²) in [6.45, 7) is 7.04. The fraction of sp³-hybridized carbons (Fsp3) is 0.425. The van der Waals surface area contributed by atoms with E-state index in [2.05, 4.69) is 19.2 Å². The molecule has 0 saturated heterocycles. The minimum Gasteiger partial charge on any atom is -0.465 e. The lowest BCUT2D eigenvalue weighted by molar-refractivity contribution is -0.175. The molecule has 1 aliphatic carbocycles. The van der Waals surface area contributed by atoms with Crippen LogP contribution in [0, 0.1) is 5.92 Å². The molecule has 1 fully saturated rings. The maximum atomic E-state index is 14.2. The second-order valence-electron chi connectivity index (χ2n) is 14.7. The number of esters is 2. The normalized spacial score (nSPS) is 17.9. The number of para-hydroxylation sites is 1. The molecule has 2 aliphatic heterocycles. The van der Waals surface area contributed by atoms with Crippen molar-refractivity contribution in [1.29, 1.82) is 0 Å². The Balaban J connectivity index is 1.17. The van der Waals surface area contributed by atoms with Crippen molar-refractivity contribution < 1.29 is 33.3 Å². The molecular weight excluding hydrogens is 665 g/mol. The summed E-state index contributed by atoms with van der Waals surface area (Å²) in [6, 6.07) is 21.1. The van der Waals surface area contributed by atoms with Crippen molar-refractivity contribution in [1.82, 2.24) is 9.55 Å². The SMILES string of the molecule is CCC1(OC(=O)OCc2ccccc2)C(=O)OCc2c1cc1n(c2=O)Cc2c-1nc1ccccc1c2CC[Si](C)(C)CCCOC(=O)C1CCC1. The third-order valence-corrected chi connectivity index (χ3v) is 14.2. The van der Waals surface area contributed by atoms with Crippen molar-refractivity contribution in [2.45, 2.75) is 96.0 Å². The summed E-state index contributed by atoms with van der Waals surface area (Å²) in [5.74, 6) is -0.688. The topological polar surface area (TPSA) is 123 Å². The first-order valence-electron chi connectivity index (χ1n) is 18.0. The standard InChI is InChI=1S/C40H44N2O8Si/c1-4-40(50-39(46)49-24-26-12-6-5-7-13-26)32-22-34-35-30(23-42(34)36(43)31(32)25-48-38(40)45)28(29-16-8-9-17-33(29)41-35)18-21-51(2,3)20-11-19-47-37(44)27-14-10-15-27/h5-9,12-13,16-17,22,27H,4,10-11,14-15,18-21,23-25H2,1-3H3. The van der Waals surface area contributed by atoms with Gasteiger partial charge in [-0.15, -0.1) is 0 Å². The van der Waals surface area contributed by atoms with Gasteiger partial charge in [-0.2, -0.15) is 0 Å². The number of aryl methyl sites for hydroxylation is 1. The van der Waals surface area contributed by atoms with Gasteiger partial charge in [-0.3, -0.25) is 9.59 Å². The quantitative estimate of drug-likeness (QED) is 0.0564. The molecule has 0 radical (unpaired) electrons. The maximum Gasteiger partial charge on any atom is 0.510 e. The van der Waals surface area contributed by atoms with Gasteiger partial charge < -0.3 is 23.5 Å². The Labute approximate surface area is 298 Å². The van der Waals surface area contributed by atoms with Gasteiger partial charge in [0.15, 0.2) is 0 Å². The molecule has 266 valence electrons. The van der Waals surface area contributed by atoms with Crippen molar-refractivity contribution >= 4 is 37.1 Å². The number of benzene rings is 2. The fourth-order valence-corrected chi connectivity index (χ4v) is 9.80. The Morgan fingerprint density at radius 2 is 1.76 bits per heavy atom. The number of hydrogen-bond donors (Lipinski definition) is 0. The summed E-state index contributed by atoms with van der Waals surface area (Å²) in [6.07, 6.45) is 3.72. The number of nitrogens with zero attached hydrogens (tertiary/aromatic N) is 2. The van der Waals surface area contributed by atoms with Crippen LogP contribution in [0.2, 0.25) is 25.2 Å². The summed E-state index contributed by atoms with van der Waals surface area (Å²) in [5.41, 5.74) is 3.48. The summed E-state index contributed by atoms with van der Waals surface area (Å²) >= 11 is 0. The van der Waals surface area contributed by atoms with E-state index >= 15 is 0 Å². The Kier molecular flexibility index (Phi) is 9.58. The highest BCUT2D eigenvalue weighted by Crippen LogP contribution is 2.42. The number of fused-ring (bicyclic) bond motifs is 5. The molecule has 2 aromatic carbocycles. The summed E-state index contributed by atoms with van der Waals surface area (Å²) in [5, 5.41) is 1.06. The van der Waals surface area contributed by atoms with E-state index in [9.17, 15) is 19.2 Å². The highest BCUT2D eigenvalue weighted by atomic mass is 28.3. The molecule has 0 spiro atoms. The van der Waals surface area contributed by atoms with Crippen LogP contribution in [0.4, 0.5) is 4.79 Å². The van der Waals surface area contributed by atoms with Gasteiger partial charge in [0.25, 0.3) is 5.56 Å². The van der Waals surface area contributed by atoms with Gasteiger partial charge in [0.2, 0.25) is 5.60 Å². The number of ether oxygens (including phenoxy) is 4. The van der Waals surface area contributed by atoms with Crippen LogP contribution in [0.15, 0.2) is 65.5 Å². The molecule has 10 nitrogen and oxygen atoms in total. The number of carbonyl (C=O) groups excluding carboxylic acids is 3. The molecule has 4 aromatic rings. The Bertz CT molecular complexity index is 2060. The number of pyridine rings is 2. The predicted octanol–water partition coefficient (Wildman–Crippen LogP) is 7.43. The van der Waals surface area contributed by atoms with Crippen LogP contribution >= 0.6 is 0 Å². The van der Waals surface area contributed by atoms with Crippen molar-refractivity contribution in [3.63, 3.8) is 0 Å². The fourth-order valence-electron chi connectivity index (χ4n) is 7.52. The molecule has 0 bridgehead atoms. The zero-order valence-electron chi connectivity index (χ0n) is 29.5. The van der Waals surface area contributed by atoms with Crippen molar-refractivity contribution in [2.75, 3.05) is 6.61 Å². The molecule has 1 atom stereocenters. The third kappa shape index (κ3) is 6.71. The molecule has 2 aromatic heterocycles. The van der Waals surface area contributed by atoms with Gasteiger partial charge in [0, 0.05) is 24.6 Å². The van der Waals surface area contributed by atoms with Gasteiger partial charge >= 0.3 is 18.1 Å². The summed E-state index contributed by atoms with van der Waals surface area (Å²) in [7, 11) is -1.68. The van der Waals surface area contributed by atoms with Crippen LogP contribution in [0.25, 0.3) is 22.3 Å². The van der Waals surface area contributed by atoms with Crippen LogP contribution in [0.1, 0.15) is 66.8 Å². The van der Waals surface area contributed by atoms with E-state index in [0.29, 0.717) is 30.1 Å². The molecule has 7 rings (SSSR count). The van der Waals surface area contributed by atoms with Gasteiger partial charge in [-0.25, -0.2) is 14.6 Å². The first-order valence-corrected chi connectivity index (χ1v) is 21.4. The van der Waals surface area contributed by atoms with Crippen LogP contribution in [0.3, 0.4) is 0 Å². The average Bonchev–Trinajstić information content (AvgIpc) is 3.47. The molecule has 11 heteroatoms. The highest BCUT2D eigenvalue weighted by Gasteiger charge is 2.51. The maximum absolute atomic E-state index is 14.2. The zero-order chi connectivity index (χ0) is 35.8. The smallest absolute Gasteiger partial charge is 0.465 e. The van der Waals surface area contributed by atoms with E-state index in [1.54, 1.807) is 17.6 Å². The molecule has 1 saturated carbocycles. The van der Waals surface area contributed by atoms with Crippen LogP contribution in [-0.4, -0.2) is 42.3 Å². The summed E-state index contributed by atoms with van der Waals surface area (Å²) in [4.78, 5) is 58.0. The van der Waals surface area contributed by atoms with Gasteiger partial charge in [0.05, 0.1) is 41.5 Å². The predicted molar refractivity (Wildman–Crippen MR) is 194 cm³/mol. The summed E-state index contributed by atoms with van der Waals surface area (Å²) < 4.78 is 24.0. The molecular formula is C40H44N2O8Si. The third-order valence-electron chi connectivity index (χ3n) is 10.9. The monoisotopic (exact) mass is 708 g/mol. The first kappa shape index (κ1) is 34.7. The molecule has 1 unspecified atom stereocenters. The molecule has 51 heavy (non-hydrogen) atoms. The Hall–Kier alpha value is -4.77. The van der Waals surface area contributed by atoms with Crippen molar-refractivity contribution in [2.24, 2.45) is 5.92 Å². The zero-order valence-corrected chi connectivity index (χ0v) is 30.5. The van der Waals surface area contributed by atoms with E-state index in [1.165, 1.54) is 5.56 Å². The minimum absolute atomic E-state index is 0.0328. The van der Waals surface area contributed by atoms with Crippen molar-refractivity contribution in [3.05, 3.63) is 98.8 Å². The largest absolute Gasteiger partial charge is 0.510 e. The molecule has 0 amide bonds. The average molecular weight is 709 g/mol. The molecule has 4 heterocycles. The van der Waals surface area contributed by atoms with E-state index in [1.807, 2.05) is 48.5 Å². The van der Waals surface area contributed by atoms with Crippen LogP contribution in [-0.2, 0) is 60.3 Å². The number of rotatable bonds is 12. The minimum atomic E-state index is -1.85. The number of aromatic nitrogens is 2. The Morgan fingerprint density at radius 3 is 2.51 bits per heavy atom. The lowest BCUT2D eigenvalue weighted by atomic mass is 9.85. The lowest BCUT2D eigenvalue weighted by Crippen LogP contribution is -2.47. The van der Waals surface area contributed by atoms with E-state index < -0.39 is 25.8 Å². The van der Waals surface area contributed by atoms with E-state index in [0.717, 1.165) is 66.2 Å². The molecule has 3 aliphatic rings. The second-order valence-corrected chi connectivity index (χ2v) is 20.0. The Morgan fingerprint density at radius 1 is 1.00 bits per heavy atom. The van der Waals surface area contributed by atoms with Gasteiger partial charge in [-0.1, -0.05) is 87.1 Å². The van der Waals surface area contributed by atoms with E-state index in [-0.39, 0.29) is 42.6 Å². The van der Waals surface area contributed by atoms with Gasteiger partial charge in [-0.05, 0) is 55.4 Å². The van der Waals surface area contributed by atoms with E-state index in [4.69, 9.17) is 23.9 Å². The van der Waals surface area contributed by atoms with Crippen molar-refractivity contribution in [3.8, 4) is 11.4 Å². The number of carbonyl (C=O) groups is 3. The number of cyclic esters (lactones) is 1. The first-order chi connectivity index (χ1) is 24.6. The lowest BCUT2D eigenvalue weighted by Gasteiger charge is -2.35. The molecule has 0 N–H and O–H groups in total. The number of hydrogen-bond acceptors (Lipinski definition) is 9. The van der Waals surface area contributed by atoms with Crippen LogP contribution in [0.5, 0.6) is 0 Å². The second kappa shape index (κ2) is 14.1. The van der Waals surface area contributed by atoms with Crippen LogP contribution < -0.4 is 5.56 Å². The van der Waals surface area contributed by atoms with Gasteiger partial charge in [0.1, 0.15) is 13.2 Å².